The molecule has 0 fully saturated rings. The summed E-state index contributed by atoms with van der Waals surface area (Å²) in [5.41, 5.74) is 0.636. The van der Waals surface area contributed by atoms with Crippen molar-refractivity contribution < 1.29 is 19.1 Å². The van der Waals surface area contributed by atoms with Crippen LogP contribution in [0, 0.1) is 12.5 Å². The molecule has 1 aromatic carbocycles. The van der Waals surface area contributed by atoms with Crippen LogP contribution < -0.4 is 10.6 Å². The van der Waals surface area contributed by atoms with Gasteiger partial charge in [0.25, 0.3) is 5.91 Å². The largest absolute Gasteiger partial charge is 0.444 e. The van der Waals surface area contributed by atoms with Crippen LogP contribution in [0.4, 0.5) is 4.79 Å². The highest BCUT2D eigenvalue weighted by atomic mass is 16.6. The molecule has 0 aromatic heterocycles. The van der Waals surface area contributed by atoms with Gasteiger partial charge in [0.1, 0.15) is 18.2 Å². The van der Waals surface area contributed by atoms with E-state index < -0.39 is 30.2 Å². The van der Waals surface area contributed by atoms with Crippen LogP contribution in [0.1, 0.15) is 64.1 Å². The number of carbonyl (C=O) groups is 3. The molecular weight excluding hydrogens is 394 g/mol. The highest BCUT2D eigenvalue weighted by molar-refractivity contribution is 5.91. The molecule has 168 valence electrons. The number of carbonyl (C=O) groups excluding carboxylic acids is 3. The summed E-state index contributed by atoms with van der Waals surface area (Å²) in [4.78, 5) is 38.7. The minimum atomic E-state index is -1.04. The van der Waals surface area contributed by atoms with E-state index in [1.807, 2.05) is 6.07 Å². The van der Waals surface area contributed by atoms with E-state index in [0.29, 0.717) is 12.1 Å². The smallest absolute Gasteiger partial charge is 0.408 e. The van der Waals surface area contributed by atoms with Crippen molar-refractivity contribution in [2.75, 3.05) is 13.1 Å². The molecule has 0 aliphatic heterocycles. The second-order valence-electron chi connectivity index (χ2n) is 8.02. The van der Waals surface area contributed by atoms with E-state index in [-0.39, 0.29) is 5.91 Å². The summed E-state index contributed by atoms with van der Waals surface area (Å²) >= 11 is 0. The van der Waals surface area contributed by atoms with Crippen LogP contribution in [0.25, 0.3) is 6.08 Å². The summed E-state index contributed by atoms with van der Waals surface area (Å²) in [5.74, 6) is -0.994. The van der Waals surface area contributed by atoms with Gasteiger partial charge in [0.15, 0.2) is 0 Å². The maximum Gasteiger partial charge on any atom is 0.408 e. The zero-order valence-corrected chi connectivity index (χ0v) is 18.9. The Labute approximate surface area is 185 Å². The molecule has 0 aliphatic carbocycles. The molecule has 0 saturated carbocycles. The fourth-order valence-electron chi connectivity index (χ4n) is 2.79. The molecule has 0 radical (unpaired) electrons. The van der Waals surface area contributed by atoms with Crippen LogP contribution in [-0.2, 0) is 14.3 Å². The lowest BCUT2D eigenvalue weighted by atomic mass is 10.0. The van der Waals surface area contributed by atoms with Gasteiger partial charge in [-0.1, -0.05) is 57.0 Å². The number of alkyl carbamates (subject to hydrolysis) is 1. The molecule has 0 saturated heterocycles. The number of ether oxygens (including phenoxy) is 1. The Morgan fingerprint density at radius 1 is 1.26 bits per heavy atom. The van der Waals surface area contributed by atoms with Crippen LogP contribution in [0.15, 0.2) is 30.8 Å². The Morgan fingerprint density at radius 3 is 2.55 bits per heavy atom. The van der Waals surface area contributed by atoms with Crippen LogP contribution in [-0.4, -0.2) is 41.5 Å². The van der Waals surface area contributed by atoms with E-state index in [9.17, 15) is 14.4 Å². The maximum atomic E-state index is 13.0. The molecule has 0 heterocycles. The first-order valence-corrected chi connectivity index (χ1v) is 10.4. The van der Waals surface area contributed by atoms with Crippen LogP contribution in [0.5, 0.6) is 0 Å². The topological polar surface area (TPSA) is 87.7 Å². The second-order valence-corrected chi connectivity index (χ2v) is 8.02. The van der Waals surface area contributed by atoms with Gasteiger partial charge in [-0.3, -0.25) is 14.5 Å². The summed E-state index contributed by atoms with van der Waals surface area (Å²) in [6.07, 6.45) is 9.34. The van der Waals surface area contributed by atoms with Crippen molar-refractivity contribution in [2.24, 2.45) is 0 Å². The van der Waals surface area contributed by atoms with E-state index in [2.05, 4.69) is 30.2 Å². The van der Waals surface area contributed by atoms with Gasteiger partial charge in [0, 0.05) is 12.6 Å². The normalized spacial score (nSPS) is 11.6. The number of hydrogen-bond acceptors (Lipinski definition) is 4. The summed E-state index contributed by atoms with van der Waals surface area (Å²) in [7, 11) is 0. The van der Waals surface area contributed by atoms with Gasteiger partial charge < -0.3 is 15.4 Å². The standard InChI is InChI=1S/C24H33N3O4/c1-7-10-11-15-25-22(29)21(19-14-12-13-18(8-2)16-19)27(9-3)20(28)17-26-23(30)31-24(4,5)6/h3,8,12-14,16,21H,2,7,10-11,15,17H2,1,4-6H3,(H,25,29)(H,26,30). The summed E-state index contributed by atoms with van der Waals surface area (Å²) in [5, 5.41) is 5.24. The average molecular weight is 428 g/mol. The monoisotopic (exact) mass is 427 g/mol. The zero-order chi connectivity index (χ0) is 23.4. The third kappa shape index (κ3) is 8.95. The predicted octanol–water partition coefficient (Wildman–Crippen LogP) is 3.62. The van der Waals surface area contributed by atoms with E-state index in [0.717, 1.165) is 29.7 Å². The third-order valence-electron chi connectivity index (χ3n) is 4.24. The Kier molecular flexibility index (Phi) is 10.3. The number of unbranched alkanes of at least 4 members (excludes halogenated alkanes) is 2. The number of nitrogens with one attached hydrogen (secondary N) is 2. The maximum absolute atomic E-state index is 13.0. The number of rotatable bonds is 10. The molecule has 0 aliphatic rings. The van der Waals surface area contributed by atoms with Crippen molar-refractivity contribution in [3.8, 4) is 12.5 Å². The molecule has 0 bridgehead atoms. The molecule has 1 unspecified atom stereocenters. The molecule has 31 heavy (non-hydrogen) atoms. The van der Waals surface area contributed by atoms with Crippen molar-refractivity contribution in [1.29, 1.82) is 0 Å². The zero-order valence-electron chi connectivity index (χ0n) is 18.9. The fraction of sp³-hybridized carbons (Fsp3) is 0.458. The van der Waals surface area contributed by atoms with Gasteiger partial charge in [-0.25, -0.2) is 4.79 Å². The number of terminal acetylenes is 1. The Bertz CT molecular complexity index is 821. The predicted molar refractivity (Wildman–Crippen MR) is 122 cm³/mol. The first-order valence-electron chi connectivity index (χ1n) is 10.4. The number of nitrogens with zero attached hydrogens (tertiary/aromatic N) is 1. The van der Waals surface area contributed by atoms with Crippen molar-refractivity contribution in [1.82, 2.24) is 15.5 Å². The molecule has 0 spiro atoms. The molecule has 1 aromatic rings. The third-order valence-corrected chi connectivity index (χ3v) is 4.24. The molecule has 1 rings (SSSR count). The van der Waals surface area contributed by atoms with Gasteiger partial charge in [-0.05, 0) is 44.4 Å². The number of amides is 3. The average Bonchev–Trinajstić information content (AvgIpc) is 2.71. The molecule has 7 nitrogen and oxygen atoms in total. The van der Waals surface area contributed by atoms with Crippen molar-refractivity contribution >= 4 is 24.0 Å². The first-order chi connectivity index (χ1) is 14.6. The minimum absolute atomic E-state index is 0.388. The lowest BCUT2D eigenvalue weighted by Crippen LogP contribution is -2.46. The van der Waals surface area contributed by atoms with Gasteiger partial charge >= 0.3 is 6.09 Å². The molecule has 3 amide bonds. The van der Waals surface area contributed by atoms with Crippen LogP contribution in [0.3, 0.4) is 0 Å². The van der Waals surface area contributed by atoms with E-state index in [1.165, 1.54) is 0 Å². The van der Waals surface area contributed by atoms with Gasteiger partial charge in [-0.2, -0.15) is 0 Å². The van der Waals surface area contributed by atoms with Gasteiger partial charge in [-0.15, -0.1) is 0 Å². The van der Waals surface area contributed by atoms with Gasteiger partial charge in [0.2, 0.25) is 5.91 Å². The molecule has 1 atom stereocenters. The van der Waals surface area contributed by atoms with Crippen molar-refractivity contribution in [2.45, 2.75) is 58.6 Å². The van der Waals surface area contributed by atoms with Crippen molar-refractivity contribution in [3.63, 3.8) is 0 Å². The summed E-state index contributed by atoms with van der Waals surface area (Å²) < 4.78 is 5.14. The Hall–Kier alpha value is -3.27. The lowest BCUT2D eigenvalue weighted by Gasteiger charge is -2.27. The van der Waals surface area contributed by atoms with E-state index in [1.54, 1.807) is 45.0 Å². The summed E-state index contributed by atoms with van der Waals surface area (Å²) in [6, 6.07) is 8.33. The highest BCUT2D eigenvalue weighted by Crippen LogP contribution is 2.22. The minimum Gasteiger partial charge on any atom is -0.444 e. The second kappa shape index (κ2) is 12.4. The van der Waals surface area contributed by atoms with Gasteiger partial charge in [0.05, 0.1) is 0 Å². The van der Waals surface area contributed by atoms with Crippen LogP contribution in [0.2, 0.25) is 0 Å². The summed E-state index contributed by atoms with van der Waals surface area (Å²) in [6.45, 7) is 11.0. The number of benzene rings is 1. The fourth-order valence-corrected chi connectivity index (χ4v) is 2.79. The van der Waals surface area contributed by atoms with E-state index in [4.69, 9.17) is 11.2 Å². The van der Waals surface area contributed by atoms with Crippen LogP contribution >= 0.6 is 0 Å². The quantitative estimate of drug-likeness (QED) is 0.339. The van der Waals surface area contributed by atoms with Crippen molar-refractivity contribution in [3.05, 3.63) is 42.0 Å². The molecule has 2 N–H and O–H groups in total. The first kappa shape index (κ1) is 25.8. The number of hydrogen-bond donors (Lipinski definition) is 2. The SMILES string of the molecule is C#CN(C(=O)CNC(=O)OC(C)(C)C)C(C(=O)NCCCCC)c1cccc(C=C)c1. The highest BCUT2D eigenvalue weighted by Gasteiger charge is 2.31. The van der Waals surface area contributed by atoms with E-state index >= 15 is 0 Å². The Morgan fingerprint density at radius 2 is 1.97 bits per heavy atom. The Balaban J connectivity index is 3.05. The molecular formula is C24H33N3O4. The lowest BCUT2D eigenvalue weighted by molar-refractivity contribution is -0.136. The molecule has 7 heteroatoms.